The molecule has 0 atom stereocenters. The van der Waals surface area contributed by atoms with Crippen molar-refractivity contribution >= 4 is 76.5 Å². The normalized spacial score (nSPS) is 11.5. The molecular weight excluding hydrogens is 1000 g/mol. The molecule has 0 aliphatic heterocycles. The van der Waals surface area contributed by atoms with E-state index in [9.17, 15) is 20.1 Å². The highest BCUT2D eigenvalue weighted by molar-refractivity contribution is 6.23. The lowest BCUT2D eigenvalue weighted by atomic mass is 9.91. The van der Waals surface area contributed by atoms with Gasteiger partial charge in [0.25, 0.3) is 11.1 Å². The Morgan fingerprint density at radius 3 is 1.16 bits per heavy atom. The third kappa shape index (κ3) is 7.44. The van der Waals surface area contributed by atoms with E-state index >= 15 is 0 Å². The van der Waals surface area contributed by atoms with Gasteiger partial charge in [-0.05, 0) is 116 Å². The molecule has 0 saturated heterocycles. The summed E-state index contributed by atoms with van der Waals surface area (Å²) in [6, 6.07) is 89.2. The van der Waals surface area contributed by atoms with Gasteiger partial charge in [-0.25, -0.2) is 9.97 Å². The summed E-state index contributed by atoms with van der Waals surface area (Å²) in [5.74, 6) is 0. The van der Waals surface area contributed by atoms with E-state index in [4.69, 9.17) is 9.97 Å². The Morgan fingerprint density at radius 1 is 0.317 bits per heavy atom. The number of nitriles is 2. The van der Waals surface area contributed by atoms with Gasteiger partial charge in [0.2, 0.25) is 0 Å². The van der Waals surface area contributed by atoms with Crippen LogP contribution in [0, 0.1) is 22.7 Å². The molecule has 16 aromatic rings. The monoisotopic (exact) mass is 1050 g/mol. The van der Waals surface area contributed by atoms with Crippen LogP contribution in [0.25, 0.3) is 143 Å². The van der Waals surface area contributed by atoms with Crippen LogP contribution in [0.1, 0.15) is 11.1 Å². The van der Waals surface area contributed by atoms with Crippen LogP contribution in [0.4, 0.5) is 0 Å². The number of imidazole rings is 2. The van der Waals surface area contributed by atoms with Gasteiger partial charge in [0.1, 0.15) is 11.3 Å². The van der Waals surface area contributed by atoms with Crippen LogP contribution in [0.2, 0.25) is 0 Å². The second-order valence-corrected chi connectivity index (χ2v) is 20.5. The number of aromatic nitrogens is 4. The molecule has 0 unspecified atom stereocenters. The van der Waals surface area contributed by atoms with Crippen molar-refractivity contribution < 1.29 is 0 Å². The third-order valence-corrected chi connectivity index (χ3v) is 16.0. The molecule has 380 valence electrons. The molecule has 4 aromatic heterocycles. The molecule has 0 fully saturated rings. The maximum absolute atomic E-state index is 14.4. The van der Waals surface area contributed by atoms with Gasteiger partial charge in [0.15, 0.2) is 0 Å². The quantitative estimate of drug-likeness (QED) is 0.164. The molecule has 82 heavy (non-hydrogen) atoms. The van der Waals surface area contributed by atoms with E-state index in [-0.39, 0.29) is 11.1 Å². The van der Waals surface area contributed by atoms with Crippen LogP contribution < -0.4 is 11.1 Å². The first kappa shape index (κ1) is 47.6. The molecule has 0 amide bonds. The Hall–Kier alpha value is -11.6. The molecule has 0 bridgehead atoms. The molecular formula is C74H42N6O2. The Balaban J connectivity index is 0.000000140. The van der Waals surface area contributed by atoms with E-state index in [1.54, 1.807) is 33.1 Å². The van der Waals surface area contributed by atoms with Crippen molar-refractivity contribution in [3.63, 3.8) is 0 Å². The fourth-order valence-electron chi connectivity index (χ4n) is 12.3. The van der Waals surface area contributed by atoms with Crippen molar-refractivity contribution in [2.24, 2.45) is 0 Å². The number of benzene rings is 12. The fourth-order valence-corrected chi connectivity index (χ4v) is 12.3. The van der Waals surface area contributed by atoms with E-state index in [1.807, 2.05) is 158 Å². The summed E-state index contributed by atoms with van der Waals surface area (Å²) in [7, 11) is 0. The van der Waals surface area contributed by atoms with Crippen LogP contribution in [0.3, 0.4) is 0 Å². The minimum atomic E-state index is -0.140. The van der Waals surface area contributed by atoms with E-state index in [2.05, 4.69) is 84.9 Å². The standard InChI is InChI=1S/2C37H21N3O/c38-22-26-16-17-30-34-29(19-18-28(33(26)34)24-12-6-2-7-13-24)36-39-35-31(25-14-8-3-9-15-25)20-27(23-10-4-1-5-11-23)21-32(35)40(36)37(30)41;38-22-26-16-17-30-34-29(19-18-28(33(26)34)24-12-6-2-7-13-24)36-39-32-21-27(23-10-4-1-5-11-23)20-31(25-14-8-3-9-15-25)35(32)40(36)37(30)41/h2*1-21H. The molecule has 0 saturated carbocycles. The van der Waals surface area contributed by atoms with Gasteiger partial charge in [-0.1, -0.05) is 194 Å². The van der Waals surface area contributed by atoms with Crippen molar-refractivity contribution in [3.05, 3.63) is 287 Å². The van der Waals surface area contributed by atoms with Crippen molar-refractivity contribution in [1.82, 2.24) is 18.8 Å². The van der Waals surface area contributed by atoms with Gasteiger partial charge in [0, 0.05) is 54.2 Å². The molecule has 4 heterocycles. The van der Waals surface area contributed by atoms with Crippen LogP contribution in [-0.4, -0.2) is 18.8 Å². The molecule has 0 spiro atoms. The fraction of sp³-hybridized carbons (Fsp3) is 0. The number of rotatable bonds is 6. The van der Waals surface area contributed by atoms with E-state index in [0.717, 1.165) is 121 Å². The average molecular weight is 1050 g/mol. The number of fused-ring (bicyclic) bond motifs is 8. The molecule has 8 nitrogen and oxygen atoms in total. The first-order chi connectivity index (χ1) is 40.4. The Kier molecular flexibility index (Phi) is 11.1. The lowest BCUT2D eigenvalue weighted by Gasteiger charge is -2.14. The van der Waals surface area contributed by atoms with Crippen LogP contribution >= 0.6 is 0 Å². The summed E-state index contributed by atoms with van der Waals surface area (Å²) in [6.07, 6.45) is 0. The van der Waals surface area contributed by atoms with Crippen LogP contribution in [0.5, 0.6) is 0 Å². The van der Waals surface area contributed by atoms with Gasteiger partial charge in [-0.2, -0.15) is 10.5 Å². The van der Waals surface area contributed by atoms with Crippen LogP contribution in [0.15, 0.2) is 264 Å². The zero-order valence-corrected chi connectivity index (χ0v) is 43.7. The highest BCUT2D eigenvalue weighted by Crippen LogP contribution is 2.43. The van der Waals surface area contributed by atoms with Gasteiger partial charge >= 0.3 is 0 Å². The molecule has 8 heteroatoms. The highest BCUT2D eigenvalue weighted by Gasteiger charge is 2.25. The third-order valence-electron chi connectivity index (χ3n) is 16.0. The first-order valence-electron chi connectivity index (χ1n) is 27.0. The molecule has 12 aromatic carbocycles. The van der Waals surface area contributed by atoms with Crippen molar-refractivity contribution in [3.8, 4) is 78.9 Å². The zero-order chi connectivity index (χ0) is 55.0. The van der Waals surface area contributed by atoms with Gasteiger partial charge in [-0.3, -0.25) is 18.4 Å². The minimum Gasteiger partial charge on any atom is -0.268 e. The summed E-state index contributed by atoms with van der Waals surface area (Å²) in [5.41, 5.74) is 17.1. The number of hydrogen-bond acceptors (Lipinski definition) is 6. The Labute approximate surface area is 468 Å². The second kappa shape index (κ2) is 19.1. The van der Waals surface area contributed by atoms with Gasteiger partial charge in [-0.15, -0.1) is 0 Å². The maximum Gasteiger partial charge on any atom is 0.264 e. The average Bonchev–Trinajstić information content (AvgIpc) is 2.35. The molecule has 0 N–H and O–H groups in total. The SMILES string of the molecule is N#Cc1ccc2c(=O)n3c(nc4cc(-c5ccccc5)cc(-c5ccccc5)c43)c3ccc(-c4ccccc4)c1c23.N#Cc1ccc2c(=O)n3c4cc(-c5ccccc5)cc(-c5ccccc5)c4nc3c3ccc(-c4ccccc4)c1c23. The number of hydrogen-bond donors (Lipinski definition) is 0. The van der Waals surface area contributed by atoms with Gasteiger partial charge < -0.3 is 0 Å². The summed E-state index contributed by atoms with van der Waals surface area (Å²) < 4.78 is 3.51. The van der Waals surface area contributed by atoms with Crippen molar-refractivity contribution in [2.45, 2.75) is 0 Å². The first-order valence-corrected chi connectivity index (χ1v) is 27.0. The molecule has 0 aliphatic rings. The number of nitrogens with zero attached hydrogens (tertiary/aromatic N) is 6. The second-order valence-electron chi connectivity index (χ2n) is 20.5. The summed E-state index contributed by atoms with van der Waals surface area (Å²) >= 11 is 0. The van der Waals surface area contributed by atoms with Gasteiger partial charge in [0.05, 0.1) is 45.3 Å². The summed E-state index contributed by atoms with van der Waals surface area (Å²) in [6.45, 7) is 0. The summed E-state index contributed by atoms with van der Waals surface area (Å²) in [5, 5.41) is 26.2. The lowest BCUT2D eigenvalue weighted by Crippen LogP contribution is -2.14. The number of pyridine rings is 2. The largest absolute Gasteiger partial charge is 0.268 e. The summed E-state index contributed by atoms with van der Waals surface area (Å²) in [4.78, 5) is 39.0. The molecule has 16 rings (SSSR count). The van der Waals surface area contributed by atoms with E-state index in [0.29, 0.717) is 33.2 Å². The Morgan fingerprint density at radius 2 is 0.695 bits per heavy atom. The maximum atomic E-state index is 14.4. The topological polar surface area (TPSA) is 116 Å². The lowest BCUT2D eigenvalue weighted by molar-refractivity contribution is 1.19. The van der Waals surface area contributed by atoms with Crippen molar-refractivity contribution in [2.75, 3.05) is 0 Å². The Bertz CT molecular complexity index is 5310. The van der Waals surface area contributed by atoms with E-state index in [1.165, 1.54) is 0 Å². The highest BCUT2D eigenvalue weighted by atomic mass is 16.1. The smallest absolute Gasteiger partial charge is 0.264 e. The van der Waals surface area contributed by atoms with Crippen LogP contribution in [-0.2, 0) is 0 Å². The zero-order valence-electron chi connectivity index (χ0n) is 43.7. The van der Waals surface area contributed by atoms with E-state index < -0.39 is 0 Å². The predicted molar refractivity (Wildman–Crippen MR) is 332 cm³/mol. The molecule has 0 radical (unpaired) electrons. The van der Waals surface area contributed by atoms with Crippen molar-refractivity contribution in [1.29, 1.82) is 10.5 Å². The predicted octanol–water partition coefficient (Wildman–Crippen LogP) is 16.9. The minimum absolute atomic E-state index is 0.139. The molecule has 0 aliphatic carbocycles.